The van der Waals surface area contributed by atoms with E-state index >= 15 is 0 Å². The zero-order valence-electron chi connectivity index (χ0n) is 22.9. The van der Waals surface area contributed by atoms with E-state index in [-0.39, 0.29) is 11.7 Å². The van der Waals surface area contributed by atoms with E-state index in [2.05, 4.69) is 4.90 Å². The Morgan fingerprint density at radius 2 is 1.62 bits per heavy atom. The molecule has 0 unspecified atom stereocenters. The molecular formula is C31H34FN5O3. The van der Waals surface area contributed by atoms with Crippen molar-refractivity contribution in [3.63, 3.8) is 0 Å². The van der Waals surface area contributed by atoms with Gasteiger partial charge in [0.25, 0.3) is 0 Å². The first-order chi connectivity index (χ1) is 19.6. The second-order valence-electron chi connectivity index (χ2n) is 9.67. The minimum Gasteiger partial charge on any atom is -0.497 e. The molecule has 0 spiro atoms. The minimum atomic E-state index is -0.234. The zero-order valence-corrected chi connectivity index (χ0v) is 22.9. The number of carbonyl (C=O) groups is 1. The number of hydrogen-bond acceptors (Lipinski definition) is 7. The van der Waals surface area contributed by atoms with Crippen molar-refractivity contribution in [3.05, 3.63) is 78.6 Å². The Hall–Kier alpha value is -4.24. The van der Waals surface area contributed by atoms with Gasteiger partial charge in [0.1, 0.15) is 17.4 Å². The molecule has 40 heavy (non-hydrogen) atoms. The molecule has 1 aromatic heterocycles. The van der Waals surface area contributed by atoms with Crippen molar-refractivity contribution >= 4 is 28.3 Å². The number of nitrogens with zero attached hydrogens (tertiary/aromatic N) is 5. The van der Waals surface area contributed by atoms with Crippen LogP contribution in [0.15, 0.2) is 72.8 Å². The number of benzene rings is 3. The van der Waals surface area contributed by atoms with Crippen LogP contribution in [0.3, 0.4) is 0 Å². The first kappa shape index (κ1) is 27.3. The Morgan fingerprint density at radius 3 is 2.35 bits per heavy atom. The molecule has 0 atom stereocenters. The van der Waals surface area contributed by atoms with E-state index in [1.165, 1.54) is 6.07 Å². The average molecular weight is 544 g/mol. The van der Waals surface area contributed by atoms with E-state index in [4.69, 9.17) is 19.4 Å². The van der Waals surface area contributed by atoms with Gasteiger partial charge in [0.05, 0.1) is 24.9 Å². The summed E-state index contributed by atoms with van der Waals surface area (Å²) in [5.41, 5.74) is 2.29. The first-order valence-electron chi connectivity index (χ1n) is 13.5. The molecule has 5 rings (SSSR count). The van der Waals surface area contributed by atoms with E-state index in [0.717, 1.165) is 28.0 Å². The van der Waals surface area contributed by atoms with Crippen molar-refractivity contribution in [2.75, 3.05) is 69.9 Å². The highest BCUT2D eigenvalue weighted by Gasteiger charge is 2.24. The maximum absolute atomic E-state index is 14.2. The average Bonchev–Trinajstić information content (AvgIpc) is 3.01. The number of para-hydroxylation sites is 2. The van der Waals surface area contributed by atoms with Crippen molar-refractivity contribution in [1.29, 1.82) is 0 Å². The van der Waals surface area contributed by atoms with Gasteiger partial charge in [-0.1, -0.05) is 24.3 Å². The van der Waals surface area contributed by atoms with Gasteiger partial charge in [-0.25, -0.2) is 14.4 Å². The molecule has 2 heterocycles. The predicted octanol–water partition coefficient (Wildman–Crippen LogP) is 4.64. The smallest absolute Gasteiger partial charge is 0.224 e. The molecular weight excluding hydrogens is 509 g/mol. The van der Waals surface area contributed by atoms with Crippen molar-refractivity contribution in [3.8, 4) is 17.1 Å². The summed E-state index contributed by atoms with van der Waals surface area (Å²) in [6.07, 6.45) is 0.333. The number of fused-ring (bicyclic) bond motifs is 1. The summed E-state index contributed by atoms with van der Waals surface area (Å²) in [4.78, 5) is 29.0. The molecule has 0 bridgehead atoms. The van der Waals surface area contributed by atoms with E-state index in [0.29, 0.717) is 63.8 Å². The van der Waals surface area contributed by atoms with Crippen LogP contribution in [-0.2, 0) is 9.53 Å². The van der Waals surface area contributed by atoms with Crippen LogP contribution < -0.4 is 14.5 Å². The second-order valence-corrected chi connectivity index (χ2v) is 9.67. The molecule has 0 radical (unpaired) electrons. The fourth-order valence-electron chi connectivity index (χ4n) is 4.99. The molecule has 4 aromatic rings. The van der Waals surface area contributed by atoms with Gasteiger partial charge in [0, 0.05) is 63.7 Å². The monoisotopic (exact) mass is 543 g/mol. The van der Waals surface area contributed by atoms with Gasteiger partial charge in [0.15, 0.2) is 5.82 Å². The van der Waals surface area contributed by atoms with E-state index < -0.39 is 0 Å². The standard InChI is InChI=1S/C31H34FN5O3/c1-39-22-21-37(16-15-29(38)36-19-17-35(18-20-36)28-10-6-4-8-26(28)32)31-25-7-3-5-9-27(25)33-30(34-31)23-11-13-24(40-2)14-12-23/h3-14H,15-22H2,1-2H3. The van der Waals surface area contributed by atoms with Gasteiger partial charge in [-0.15, -0.1) is 0 Å². The van der Waals surface area contributed by atoms with Gasteiger partial charge >= 0.3 is 0 Å². The fraction of sp³-hybridized carbons (Fsp3) is 0.323. The molecule has 1 aliphatic rings. The second kappa shape index (κ2) is 12.7. The summed E-state index contributed by atoms with van der Waals surface area (Å²) < 4.78 is 24.9. The van der Waals surface area contributed by atoms with Crippen molar-refractivity contribution < 1.29 is 18.7 Å². The van der Waals surface area contributed by atoms with Crippen LogP contribution in [0.4, 0.5) is 15.9 Å². The number of aromatic nitrogens is 2. The molecule has 1 saturated heterocycles. The number of rotatable bonds is 10. The first-order valence-corrected chi connectivity index (χ1v) is 13.5. The number of anilines is 2. The van der Waals surface area contributed by atoms with Crippen LogP contribution in [0.1, 0.15) is 6.42 Å². The Balaban J connectivity index is 1.33. The lowest BCUT2D eigenvalue weighted by molar-refractivity contribution is -0.131. The third-order valence-corrected chi connectivity index (χ3v) is 7.22. The summed E-state index contributed by atoms with van der Waals surface area (Å²) >= 11 is 0. The number of piperazine rings is 1. The van der Waals surface area contributed by atoms with Gasteiger partial charge in [-0.2, -0.15) is 0 Å². The number of halogens is 1. The largest absolute Gasteiger partial charge is 0.497 e. The summed E-state index contributed by atoms with van der Waals surface area (Å²) in [6.45, 7) is 3.87. The lowest BCUT2D eigenvalue weighted by Gasteiger charge is -2.36. The third kappa shape index (κ3) is 6.15. The molecule has 9 heteroatoms. The maximum Gasteiger partial charge on any atom is 0.224 e. The number of ether oxygens (including phenoxy) is 2. The van der Waals surface area contributed by atoms with Crippen molar-refractivity contribution in [2.24, 2.45) is 0 Å². The van der Waals surface area contributed by atoms with Gasteiger partial charge in [-0.05, 0) is 48.5 Å². The molecule has 3 aromatic carbocycles. The predicted molar refractivity (Wildman–Crippen MR) is 155 cm³/mol. The number of carbonyl (C=O) groups excluding carboxylic acids is 1. The lowest BCUT2D eigenvalue weighted by Crippen LogP contribution is -2.49. The topological polar surface area (TPSA) is 71.0 Å². The zero-order chi connectivity index (χ0) is 27.9. The van der Waals surface area contributed by atoms with Gasteiger partial charge < -0.3 is 24.2 Å². The quantitative estimate of drug-likeness (QED) is 0.289. The van der Waals surface area contributed by atoms with E-state index in [1.54, 1.807) is 26.4 Å². The van der Waals surface area contributed by atoms with E-state index in [9.17, 15) is 9.18 Å². The summed E-state index contributed by atoms with van der Waals surface area (Å²) in [6, 6.07) is 22.3. The number of methoxy groups -OCH3 is 2. The van der Waals surface area contributed by atoms with Crippen LogP contribution in [0, 0.1) is 5.82 Å². The molecule has 1 fully saturated rings. The molecule has 1 amide bonds. The van der Waals surface area contributed by atoms with Crippen LogP contribution in [0.25, 0.3) is 22.3 Å². The Morgan fingerprint density at radius 1 is 0.900 bits per heavy atom. The normalized spacial score (nSPS) is 13.5. The molecule has 0 N–H and O–H groups in total. The third-order valence-electron chi connectivity index (χ3n) is 7.22. The molecule has 208 valence electrons. The molecule has 0 saturated carbocycles. The van der Waals surface area contributed by atoms with Crippen LogP contribution in [-0.4, -0.2) is 80.9 Å². The van der Waals surface area contributed by atoms with Crippen molar-refractivity contribution in [1.82, 2.24) is 14.9 Å². The summed E-state index contributed by atoms with van der Waals surface area (Å²) in [5, 5.41) is 0.918. The maximum atomic E-state index is 14.2. The highest BCUT2D eigenvalue weighted by atomic mass is 19.1. The van der Waals surface area contributed by atoms with Gasteiger partial charge in [-0.3, -0.25) is 4.79 Å². The minimum absolute atomic E-state index is 0.0735. The molecule has 0 aliphatic carbocycles. The summed E-state index contributed by atoms with van der Waals surface area (Å²) in [5.74, 6) is 1.98. The highest BCUT2D eigenvalue weighted by molar-refractivity contribution is 5.91. The Kier molecular flexibility index (Phi) is 8.71. The van der Waals surface area contributed by atoms with Crippen molar-refractivity contribution in [2.45, 2.75) is 6.42 Å². The van der Waals surface area contributed by atoms with E-state index in [1.807, 2.05) is 64.4 Å². The summed E-state index contributed by atoms with van der Waals surface area (Å²) in [7, 11) is 3.30. The fourth-order valence-corrected chi connectivity index (χ4v) is 4.99. The van der Waals surface area contributed by atoms with Crippen LogP contribution >= 0.6 is 0 Å². The number of amides is 1. The molecule has 1 aliphatic heterocycles. The van der Waals surface area contributed by atoms with Crippen LogP contribution in [0.2, 0.25) is 0 Å². The van der Waals surface area contributed by atoms with Crippen LogP contribution in [0.5, 0.6) is 5.75 Å². The highest BCUT2D eigenvalue weighted by Crippen LogP contribution is 2.29. The Bertz CT molecular complexity index is 1440. The van der Waals surface area contributed by atoms with Gasteiger partial charge in [0.2, 0.25) is 5.91 Å². The number of hydrogen-bond donors (Lipinski definition) is 0. The molecule has 8 nitrogen and oxygen atoms in total. The SMILES string of the molecule is COCCN(CCC(=O)N1CCN(c2ccccc2F)CC1)c1nc(-c2ccc(OC)cc2)nc2ccccc12. The lowest BCUT2D eigenvalue weighted by atomic mass is 10.1. The Labute approximate surface area is 234 Å².